The van der Waals surface area contributed by atoms with E-state index in [-0.39, 0.29) is 11.6 Å². The minimum atomic E-state index is -4.53. The number of halogens is 3. The zero-order valence-corrected chi connectivity index (χ0v) is 13.9. The van der Waals surface area contributed by atoms with Crippen molar-refractivity contribution in [1.29, 1.82) is 0 Å². The molecule has 26 heavy (non-hydrogen) atoms. The Morgan fingerprint density at radius 3 is 2.27 bits per heavy atom. The van der Waals surface area contributed by atoms with Gasteiger partial charge in [0.05, 0.1) is 17.8 Å². The maximum absolute atomic E-state index is 13.5. The Labute approximate surface area is 148 Å². The van der Waals surface area contributed by atoms with Crippen molar-refractivity contribution in [2.24, 2.45) is 0 Å². The highest BCUT2D eigenvalue weighted by atomic mass is 19.4. The highest BCUT2D eigenvalue weighted by molar-refractivity contribution is 5.43. The van der Waals surface area contributed by atoms with Gasteiger partial charge in [0.15, 0.2) is 0 Å². The molecule has 0 atom stereocenters. The number of benzene rings is 2. The van der Waals surface area contributed by atoms with Crippen molar-refractivity contribution < 1.29 is 13.2 Å². The van der Waals surface area contributed by atoms with Gasteiger partial charge in [-0.05, 0) is 30.5 Å². The molecule has 1 saturated carbocycles. The van der Waals surface area contributed by atoms with E-state index < -0.39 is 17.3 Å². The van der Waals surface area contributed by atoms with E-state index in [0.717, 1.165) is 30.2 Å². The number of alkyl halides is 3. The summed E-state index contributed by atoms with van der Waals surface area (Å²) in [6.45, 7) is 0.348. The fraction of sp³-hybridized carbons (Fsp3) is 0.250. The van der Waals surface area contributed by atoms with E-state index in [1.54, 1.807) is 4.68 Å². The summed E-state index contributed by atoms with van der Waals surface area (Å²) >= 11 is 0. The Kier molecular flexibility index (Phi) is 3.98. The predicted octanol–water partition coefficient (Wildman–Crippen LogP) is 4.58. The quantitative estimate of drug-likeness (QED) is 0.670. The highest BCUT2D eigenvalue weighted by Crippen LogP contribution is 2.40. The Balaban J connectivity index is 1.91. The summed E-state index contributed by atoms with van der Waals surface area (Å²) in [6.07, 6.45) is -2.62. The highest BCUT2D eigenvalue weighted by Gasteiger charge is 2.36. The normalized spacial score (nSPS) is 14.6. The van der Waals surface area contributed by atoms with E-state index in [9.17, 15) is 18.0 Å². The van der Waals surface area contributed by atoms with Crippen LogP contribution in [0.15, 0.2) is 65.5 Å². The van der Waals surface area contributed by atoms with Gasteiger partial charge in [-0.3, -0.25) is 9.48 Å². The average molecular weight is 358 g/mol. The number of hydrogen-bond acceptors (Lipinski definition) is 1. The third-order valence-corrected chi connectivity index (χ3v) is 4.63. The molecule has 0 amide bonds. The van der Waals surface area contributed by atoms with Crippen LogP contribution in [0.25, 0.3) is 5.69 Å². The summed E-state index contributed by atoms with van der Waals surface area (Å²) in [4.78, 5) is 12.6. The molecule has 3 nitrogen and oxygen atoms in total. The molecule has 3 aromatic rings. The number of aromatic nitrogens is 2. The second-order valence-electron chi connectivity index (χ2n) is 6.55. The van der Waals surface area contributed by atoms with Crippen molar-refractivity contribution in [3.63, 3.8) is 0 Å². The number of para-hydroxylation sites is 1. The Morgan fingerprint density at radius 1 is 0.962 bits per heavy atom. The predicted molar refractivity (Wildman–Crippen MR) is 92.6 cm³/mol. The standard InChI is InChI=1S/C20H17F3N2O/c21-20(22,23)16-8-4-5-9-17(16)25-19(26)12-18(15-10-11-15)24(25)13-14-6-2-1-3-7-14/h1-9,12,15H,10-11,13H2. The van der Waals surface area contributed by atoms with Crippen molar-refractivity contribution in [3.05, 3.63) is 87.8 Å². The molecule has 4 rings (SSSR count). The minimum absolute atomic E-state index is 0.132. The van der Waals surface area contributed by atoms with Crippen LogP contribution in [0, 0.1) is 0 Å². The first-order valence-electron chi connectivity index (χ1n) is 8.48. The summed E-state index contributed by atoms with van der Waals surface area (Å²) in [5, 5.41) is 0. The molecule has 0 bridgehead atoms. The molecular formula is C20H17F3N2O. The summed E-state index contributed by atoms with van der Waals surface area (Å²) in [7, 11) is 0. The van der Waals surface area contributed by atoms with Gasteiger partial charge in [-0.1, -0.05) is 42.5 Å². The van der Waals surface area contributed by atoms with Crippen LogP contribution in [0.2, 0.25) is 0 Å². The number of rotatable bonds is 4. The fourth-order valence-corrected chi connectivity index (χ4v) is 3.27. The van der Waals surface area contributed by atoms with E-state index >= 15 is 0 Å². The van der Waals surface area contributed by atoms with Crippen molar-refractivity contribution in [3.8, 4) is 5.69 Å². The Bertz CT molecular complexity index is 982. The van der Waals surface area contributed by atoms with Crippen molar-refractivity contribution in [1.82, 2.24) is 9.36 Å². The van der Waals surface area contributed by atoms with Crippen LogP contribution in [0.1, 0.15) is 35.6 Å². The molecule has 0 spiro atoms. The fourth-order valence-electron chi connectivity index (χ4n) is 3.27. The van der Waals surface area contributed by atoms with Crippen molar-refractivity contribution >= 4 is 0 Å². The summed E-state index contributed by atoms with van der Waals surface area (Å²) in [6, 6.07) is 16.1. The van der Waals surface area contributed by atoms with Gasteiger partial charge in [-0.25, -0.2) is 4.68 Å². The van der Waals surface area contributed by atoms with Gasteiger partial charge in [0, 0.05) is 17.7 Å². The molecule has 1 heterocycles. The van der Waals surface area contributed by atoms with Crippen molar-refractivity contribution in [2.75, 3.05) is 0 Å². The van der Waals surface area contributed by atoms with Crippen LogP contribution in [-0.4, -0.2) is 9.36 Å². The van der Waals surface area contributed by atoms with Gasteiger partial charge >= 0.3 is 6.18 Å². The summed E-state index contributed by atoms with van der Waals surface area (Å²) < 4.78 is 43.3. The third-order valence-electron chi connectivity index (χ3n) is 4.63. The molecule has 1 fully saturated rings. The molecule has 0 unspecified atom stereocenters. The Hall–Kier alpha value is -2.76. The summed E-state index contributed by atoms with van der Waals surface area (Å²) in [5.74, 6) is 0.241. The summed E-state index contributed by atoms with van der Waals surface area (Å²) in [5.41, 5.74) is 0.364. The van der Waals surface area contributed by atoms with Gasteiger partial charge in [-0.2, -0.15) is 13.2 Å². The van der Waals surface area contributed by atoms with Crippen LogP contribution in [-0.2, 0) is 12.7 Å². The zero-order chi connectivity index (χ0) is 18.3. The molecule has 1 aliphatic rings. The Morgan fingerprint density at radius 2 is 1.62 bits per heavy atom. The lowest BCUT2D eigenvalue weighted by molar-refractivity contribution is -0.137. The van der Waals surface area contributed by atoms with Crippen LogP contribution in [0.3, 0.4) is 0 Å². The number of nitrogens with zero attached hydrogens (tertiary/aromatic N) is 2. The maximum Gasteiger partial charge on any atom is 0.418 e. The van der Waals surface area contributed by atoms with Crippen LogP contribution >= 0.6 is 0 Å². The van der Waals surface area contributed by atoms with Gasteiger partial charge in [0.25, 0.3) is 5.56 Å². The second kappa shape index (κ2) is 6.20. The molecule has 1 aromatic heterocycles. The minimum Gasteiger partial charge on any atom is -0.277 e. The molecule has 1 aliphatic carbocycles. The molecule has 134 valence electrons. The zero-order valence-electron chi connectivity index (χ0n) is 13.9. The van der Waals surface area contributed by atoms with E-state index in [2.05, 4.69) is 0 Å². The molecule has 2 aromatic carbocycles. The van der Waals surface area contributed by atoms with Gasteiger partial charge in [0.1, 0.15) is 0 Å². The SMILES string of the molecule is O=c1cc(C2CC2)n(Cc2ccccc2)n1-c1ccccc1C(F)(F)F. The first kappa shape index (κ1) is 16.7. The lowest BCUT2D eigenvalue weighted by Gasteiger charge is -2.19. The third kappa shape index (κ3) is 3.07. The van der Waals surface area contributed by atoms with Gasteiger partial charge < -0.3 is 0 Å². The lowest BCUT2D eigenvalue weighted by atomic mass is 10.1. The molecule has 0 radical (unpaired) electrons. The van der Waals surface area contributed by atoms with Crippen LogP contribution in [0.5, 0.6) is 0 Å². The first-order chi connectivity index (χ1) is 12.4. The van der Waals surface area contributed by atoms with Gasteiger partial charge in [-0.15, -0.1) is 0 Å². The average Bonchev–Trinajstić information content (AvgIpc) is 3.40. The molecule has 6 heteroatoms. The van der Waals surface area contributed by atoms with E-state index in [1.807, 2.05) is 30.3 Å². The molecule has 0 aliphatic heterocycles. The largest absolute Gasteiger partial charge is 0.418 e. The van der Waals surface area contributed by atoms with E-state index in [1.165, 1.54) is 28.9 Å². The van der Waals surface area contributed by atoms with E-state index in [4.69, 9.17) is 0 Å². The molecular weight excluding hydrogens is 341 g/mol. The van der Waals surface area contributed by atoms with Crippen LogP contribution < -0.4 is 5.56 Å². The van der Waals surface area contributed by atoms with Crippen LogP contribution in [0.4, 0.5) is 13.2 Å². The monoisotopic (exact) mass is 358 g/mol. The lowest BCUT2D eigenvalue weighted by Crippen LogP contribution is -2.25. The first-order valence-corrected chi connectivity index (χ1v) is 8.48. The topological polar surface area (TPSA) is 26.9 Å². The second-order valence-corrected chi connectivity index (χ2v) is 6.55. The van der Waals surface area contributed by atoms with Gasteiger partial charge in [0.2, 0.25) is 0 Å². The van der Waals surface area contributed by atoms with Crippen molar-refractivity contribution in [2.45, 2.75) is 31.5 Å². The maximum atomic E-state index is 13.5. The van der Waals surface area contributed by atoms with E-state index in [0.29, 0.717) is 6.54 Å². The molecule has 0 N–H and O–H groups in total. The smallest absolute Gasteiger partial charge is 0.277 e. The molecule has 0 saturated heterocycles. The number of hydrogen-bond donors (Lipinski definition) is 0.